The van der Waals surface area contributed by atoms with Crippen molar-refractivity contribution in [2.75, 3.05) is 6.54 Å². The number of amides is 1. The molecule has 106 valence electrons. The Morgan fingerprint density at radius 3 is 2.68 bits per heavy atom. The first-order chi connectivity index (χ1) is 8.79. The smallest absolute Gasteiger partial charge is 0.254 e. The van der Waals surface area contributed by atoms with Crippen LogP contribution in [0.25, 0.3) is 0 Å². The van der Waals surface area contributed by atoms with Gasteiger partial charge in [0.2, 0.25) is 0 Å². The Balaban J connectivity index is 2.92. The van der Waals surface area contributed by atoms with Gasteiger partial charge in [0.05, 0.1) is 10.0 Å². The van der Waals surface area contributed by atoms with Gasteiger partial charge in [-0.25, -0.2) is 4.39 Å². The lowest BCUT2D eigenvalue weighted by Crippen LogP contribution is -2.52. The van der Waals surface area contributed by atoms with Crippen LogP contribution in [-0.2, 0) is 0 Å². The van der Waals surface area contributed by atoms with E-state index in [9.17, 15) is 9.18 Å². The minimum absolute atomic E-state index is 0.0257. The van der Waals surface area contributed by atoms with Gasteiger partial charge in [-0.3, -0.25) is 4.79 Å². The third-order valence-corrected chi connectivity index (χ3v) is 3.53. The van der Waals surface area contributed by atoms with Gasteiger partial charge in [0.1, 0.15) is 5.82 Å². The molecule has 0 heterocycles. The Kier molecular flexibility index (Phi) is 5.50. The lowest BCUT2D eigenvalue weighted by Gasteiger charge is -2.31. The quantitative estimate of drug-likeness (QED) is 0.871. The molecule has 1 rings (SSSR count). The summed E-state index contributed by atoms with van der Waals surface area (Å²) in [6.07, 6.45) is 0.741. The highest BCUT2D eigenvalue weighted by Gasteiger charge is 2.27. The molecule has 1 unspecified atom stereocenters. The fourth-order valence-corrected chi connectivity index (χ4v) is 2.47. The maximum Gasteiger partial charge on any atom is 0.254 e. The van der Waals surface area contributed by atoms with Crippen LogP contribution in [0.1, 0.15) is 37.6 Å². The molecule has 1 aromatic carbocycles. The van der Waals surface area contributed by atoms with Crippen molar-refractivity contribution >= 4 is 21.8 Å². The van der Waals surface area contributed by atoms with Gasteiger partial charge in [-0.15, -0.1) is 0 Å². The fourth-order valence-electron chi connectivity index (χ4n) is 2.11. The van der Waals surface area contributed by atoms with Crippen LogP contribution in [-0.4, -0.2) is 18.0 Å². The molecule has 0 aliphatic heterocycles. The summed E-state index contributed by atoms with van der Waals surface area (Å²) in [5, 5.41) is 2.83. The van der Waals surface area contributed by atoms with Crippen molar-refractivity contribution in [3.05, 3.63) is 34.1 Å². The predicted molar refractivity (Wildman–Crippen MR) is 78.5 cm³/mol. The minimum atomic E-state index is -0.552. The number of nitrogens with two attached hydrogens (primary N) is 1. The molecule has 0 aliphatic carbocycles. The summed E-state index contributed by atoms with van der Waals surface area (Å²) < 4.78 is 14.1. The van der Waals surface area contributed by atoms with E-state index in [1.807, 2.05) is 6.92 Å². The van der Waals surface area contributed by atoms with Crippen molar-refractivity contribution in [3.8, 4) is 0 Å². The summed E-state index contributed by atoms with van der Waals surface area (Å²) in [6.45, 7) is 6.30. The number of rotatable bonds is 5. The van der Waals surface area contributed by atoms with Crippen LogP contribution in [0.5, 0.6) is 0 Å². The molecule has 5 heteroatoms. The van der Waals surface area contributed by atoms with E-state index < -0.39 is 17.3 Å². The second kappa shape index (κ2) is 6.48. The monoisotopic (exact) mass is 330 g/mol. The molecule has 19 heavy (non-hydrogen) atoms. The summed E-state index contributed by atoms with van der Waals surface area (Å²) in [5.41, 5.74) is 5.23. The first-order valence-electron chi connectivity index (χ1n) is 6.25. The summed E-state index contributed by atoms with van der Waals surface area (Å²) >= 11 is 3.07. The average Bonchev–Trinajstić information content (AvgIpc) is 2.31. The Morgan fingerprint density at radius 2 is 2.16 bits per heavy atom. The number of carbonyl (C=O) groups is 1. The fraction of sp³-hybridized carbons (Fsp3) is 0.500. The molecule has 1 amide bonds. The maximum atomic E-state index is 13.9. The third-order valence-electron chi connectivity index (χ3n) is 2.92. The summed E-state index contributed by atoms with van der Waals surface area (Å²) in [5.74, 6) is -0.600. The molecule has 3 N–H and O–H groups in total. The number of carbonyl (C=O) groups excluding carboxylic acids is 1. The number of hydrogen-bond donors (Lipinski definition) is 2. The van der Waals surface area contributed by atoms with E-state index in [1.165, 1.54) is 6.07 Å². The highest BCUT2D eigenvalue weighted by molar-refractivity contribution is 9.10. The van der Waals surface area contributed by atoms with Crippen LogP contribution >= 0.6 is 15.9 Å². The number of hydrogen-bond acceptors (Lipinski definition) is 2. The van der Waals surface area contributed by atoms with Gasteiger partial charge < -0.3 is 11.1 Å². The molecule has 3 nitrogen and oxygen atoms in total. The zero-order valence-electron chi connectivity index (χ0n) is 11.5. The molecule has 0 radical (unpaired) electrons. The normalized spacial score (nSPS) is 14.3. The third kappa shape index (κ3) is 4.28. The lowest BCUT2D eigenvalue weighted by molar-refractivity contribution is 0.0894. The standard InChI is InChI=1S/C14H20BrFN2O/c1-9(2)7-14(3,8-17)18-13(19)10-5-4-6-11(15)12(10)16/h4-6,9H,7-8,17H2,1-3H3,(H,18,19). The molecule has 1 aromatic rings. The summed E-state index contributed by atoms with van der Waals surface area (Å²) in [6, 6.07) is 4.65. The molecule has 0 saturated heterocycles. The van der Waals surface area contributed by atoms with Gasteiger partial charge in [-0.1, -0.05) is 19.9 Å². The van der Waals surface area contributed by atoms with Crippen LogP contribution in [0.3, 0.4) is 0 Å². The lowest BCUT2D eigenvalue weighted by atomic mass is 9.90. The number of halogens is 2. The summed E-state index contributed by atoms with van der Waals surface area (Å²) in [7, 11) is 0. The molecule has 1 atom stereocenters. The Hall–Kier alpha value is -0.940. The van der Waals surface area contributed by atoms with Gasteiger partial charge in [0, 0.05) is 12.1 Å². The molecule has 0 aliphatic rings. The highest BCUT2D eigenvalue weighted by Crippen LogP contribution is 2.20. The van der Waals surface area contributed by atoms with E-state index in [-0.39, 0.29) is 10.0 Å². The Morgan fingerprint density at radius 1 is 1.53 bits per heavy atom. The van der Waals surface area contributed by atoms with Gasteiger partial charge in [-0.2, -0.15) is 0 Å². The van der Waals surface area contributed by atoms with Crippen LogP contribution in [0.2, 0.25) is 0 Å². The molecule has 0 saturated carbocycles. The topological polar surface area (TPSA) is 55.1 Å². The molecule has 0 fully saturated rings. The molecule has 0 bridgehead atoms. The average molecular weight is 331 g/mol. The Labute approximate surface area is 121 Å². The van der Waals surface area contributed by atoms with E-state index in [0.29, 0.717) is 12.5 Å². The maximum absolute atomic E-state index is 13.9. The first kappa shape index (κ1) is 16.1. The number of benzene rings is 1. The van der Waals surface area contributed by atoms with E-state index in [4.69, 9.17) is 5.73 Å². The largest absolute Gasteiger partial charge is 0.346 e. The first-order valence-corrected chi connectivity index (χ1v) is 7.05. The zero-order valence-corrected chi connectivity index (χ0v) is 13.1. The van der Waals surface area contributed by atoms with Gasteiger partial charge in [-0.05, 0) is 47.3 Å². The second-order valence-corrected chi connectivity index (χ2v) is 6.27. The molecular weight excluding hydrogens is 311 g/mol. The molecular formula is C14H20BrFN2O. The van der Waals surface area contributed by atoms with Crippen molar-refractivity contribution < 1.29 is 9.18 Å². The van der Waals surface area contributed by atoms with Crippen molar-refractivity contribution in [2.45, 2.75) is 32.7 Å². The van der Waals surface area contributed by atoms with Crippen LogP contribution in [0.4, 0.5) is 4.39 Å². The van der Waals surface area contributed by atoms with Crippen molar-refractivity contribution in [1.29, 1.82) is 0 Å². The number of nitrogens with one attached hydrogen (secondary N) is 1. The van der Waals surface area contributed by atoms with Crippen LogP contribution < -0.4 is 11.1 Å². The van der Waals surface area contributed by atoms with Gasteiger partial charge >= 0.3 is 0 Å². The van der Waals surface area contributed by atoms with Crippen molar-refractivity contribution in [2.24, 2.45) is 11.7 Å². The molecule has 0 spiro atoms. The van der Waals surface area contributed by atoms with E-state index in [2.05, 4.69) is 35.1 Å². The zero-order chi connectivity index (χ0) is 14.6. The van der Waals surface area contributed by atoms with Crippen molar-refractivity contribution in [3.63, 3.8) is 0 Å². The summed E-state index contributed by atoms with van der Waals surface area (Å²) in [4.78, 5) is 12.1. The minimum Gasteiger partial charge on any atom is -0.346 e. The molecule has 0 aromatic heterocycles. The second-order valence-electron chi connectivity index (χ2n) is 5.42. The Bertz CT molecular complexity index is 465. The van der Waals surface area contributed by atoms with Crippen molar-refractivity contribution in [1.82, 2.24) is 5.32 Å². The van der Waals surface area contributed by atoms with Gasteiger partial charge in [0.15, 0.2) is 0 Å². The van der Waals surface area contributed by atoms with E-state index in [1.54, 1.807) is 12.1 Å². The van der Waals surface area contributed by atoms with Crippen LogP contribution in [0, 0.1) is 11.7 Å². The van der Waals surface area contributed by atoms with Crippen LogP contribution in [0.15, 0.2) is 22.7 Å². The predicted octanol–water partition coefficient (Wildman–Crippen LogP) is 3.08. The highest BCUT2D eigenvalue weighted by atomic mass is 79.9. The SMILES string of the molecule is CC(C)CC(C)(CN)NC(=O)c1cccc(Br)c1F. The van der Waals surface area contributed by atoms with Gasteiger partial charge in [0.25, 0.3) is 5.91 Å². The van der Waals surface area contributed by atoms with E-state index >= 15 is 0 Å². The van der Waals surface area contributed by atoms with E-state index in [0.717, 1.165) is 6.42 Å².